The highest BCUT2D eigenvalue weighted by molar-refractivity contribution is 9.10. The summed E-state index contributed by atoms with van der Waals surface area (Å²) in [5.74, 6) is -0.524. The molecule has 0 N–H and O–H groups in total. The summed E-state index contributed by atoms with van der Waals surface area (Å²) < 4.78 is 76.2. The summed E-state index contributed by atoms with van der Waals surface area (Å²) >= 11 is 9.48. The van der Waals surface area contributed by atoms with Crippen molar-refractivity contribution in [2.24, 2.45) is 0 Å². The monoisotopic (exact) mass is 631 g/mol. The number of anilines is 1. The molecule has 4 saturated heterocycles. The molecule has 1 amide bonds. The Morgan fingerprint density at radius 2 is 2.03 bits per heavy atom. The fourth-order valence-corrected chi connectivity index (χ4v) is 6.66. The van der Waals surface area contributed by atoms with Gasteiger partial charge in [0.15, 0.2) is 5.82 Å². The predicted octanol–water partition coefficient (Wildman–Crippen LogP) is 5.73. The van der Waals surface area contributed by atoms with E-state index in [2.05, 4.69) is 25.9 Å². The molecule has 8 nitrogen and oxygen atoms in total. The summed E-state index contributed by atoms with van der Waals surface area (Å²) in [5.41, 5.74) is -2.40. The summed E-state index contributed by atoms with van der Waals surface area (Å²) in [4.78, 5) is 26.7. The van der Waals surface area contributed by atoms with Gasteiger partial charge < -0.3 is 14.4 Å². The molecule has 1 aromatic heterocycles. The third kappa shape index (κ3) is 4.92. The summed E-state index contributed by atoms with van der Waals surface area (Å²) in [6.45, 7) is 1.35. The summed E-state index contributed by atoms with van der Waals surface area (Å²) in [5, 5.41) is 0.377. The zero-order valence-electron chi connectivity index (χ0n) is 25.9. The number of piperazine rings is 1. The Balaban J connectivity index is 1.38. The van der Waals surface area contributed by atoms with E-state index >= 15 is 4.39 Å². The molecule has 0 radical (unpaired) electrons. The first kappa shape index (κ1) is 22.7. The van der Waals surface area contributed by atoms with Crippen LogP contribution in [0.25, 0.3) is 10.9 Å². The van der Waals surface area contributed by atoms with Gasteiger partial charge in [0, 0.05) is 34.2 Å². The van der Waals surface area contributed by atoms with Crippen molar-refractivity contribution in [1.82, 2.24) is 19.8 Å². The maximum absolute atomic E-state index is 15.6. The molecule has 1 aromatic carbocycles. The lowest BCUT2D eigenvalue weighted by Crippen LogP contribution is -2.57. The molecule has 2 aromatic rings. The average molecular weight is 633 g/mol. The Bertz CT molecular complexity index is 1470. The lowest BCUT2D eigenvalue weighted by Gasteiger charge is -2.42. The van der Waals surface area contributed by atoms with Crippen molar-refractivity contribution < 1.29 is 28.5 Å². The van der Waals surface area contributed by atoms with Crippen LogP contribution in [-0.4, -0.2) is 87.9 Å². The summed E-state index contributed by atoms with van der Waals surface area (Å²) in [6, 6.07) is 0.666. The van der Waals surface area contributed by atoms with E-state index in [9.17, 15) is 9.18 Å². The number of nitrogens with zero attached hydrogens (tertiary/aromatic N) is 5. The van der Waals surface area contributed by atoms with E-state index in [1.165, 1.54) is 11.0 Å². The SMILES string of the molecule is [2H]C1([2H])CC[C@@]2(C([2H])([2H])Oc3nc(N4C[C@H]5CC[C@@H](C4)N5C(=O)OC(C)(C)C)c4cc(Cl)c(Br)c(F)c4n3)C[C@@H](F)CN12. The third-order valence-corrected chi connectivity index (χ3v) is 9.10. The number of rotatable bonds is 4. The Morgan fingerprint density at radius 3 is 2.72 bits per heavy atom. The molecule has 0 spiro atoms. The number of carbonyl (C=O) groups excluding carboxylic acids is 1. The van der Waals surface area contributed by atoms with E-state index in [0.717, 1.165) is 12.8 Å². The van der Waals surface area contributed by atoms with Crippen LogP contribution in [-0.2, 0) is 4.74 Å². The summed E-state index contributed by atoms with van der Waals surface area (Å²) in [7, 11) is 0. The number of aromatic nitrogens is 2. The van der Waals surface area contributed by atoms with Crippen LogP contribution in [0.15, 0.2) is 10.5 Å². The number of hydrogen-bond donors (Lipinski definition) is 0. The first-order valence-electron chi connectivity index (χ1n) is 15.1. The van der Waals surface area contributed by atoms with Crippen LogP contribution < -0.4 is 9.64 Å². The molecule has 39 heavy (non-hydrogen) atoms. The van der Waals surface area contributed by atoms with E-state index in [4.69, 9.17) is 26.6 Å². The standard InChI is InChI=1S/C27H33BrClF2N5O3/c1-26(2,3)39-25(37)36-16-5-6-17(36)13-34(12-16)23-18-9-19(29)20(28)21(31)22(18)32-24(33-23)38-14-27-7-4-8-35(27)11-15(30)10-27/h9,15-17H,4-8,10-14H2,1-3H3/t15-,16-,17+,27+/m1/s1/i8D2,14D2. The Labute approximate surface area is 245 Å². The molecule has 212 valence electrons. The van der Waals surface area contributed by atoms with Gasteiger partial charge in [-0.15, -0.1) is 0 Å². The molecule has 4 atom stereocenters. The lowest BCUT2D eigenvalue weighted by atomic mass is 9.95. The number of amides is 1. The molecule has 4 aliphatic rings. The van der Waals surface area contributed by atoms with Crippen molar-refractivity contribution in [3.8, 4) is 6.01 Å². The van der Waals surface area contributed by atoms with Gasteiger partial charge >= 0.3 is 12.1 Å². The van der Waals surface area contributed by atoms with Gasteiger partial charge in [0.05, 0.1) is 29.9 Å². The van der Waals surface area contributed by atoms with Gasteiger partial charge in [-0.05, 0) is 74.9 Å². The number of benzene rings is 1. The van der Waals surface area contributed by atoms with E-state index in [1.54, 1.807) is 4.90 Å². The number of ether oxygens (including phenoxy) is 2. The predicted molar refractivity (Wildman–Crippen MR) is 148 cm³/mol. The number of carbonyl (C=O) groups is 1. The van der Waals surface area contributed by atoms with Crippen LogP contribution in [0.3, 0.4) is 0 Å². The number of hydrogen-bond acceptors (Lipinski definition) is 7. The van der Waals surface area contributed by atoms with Crippen LogP contribution in [0.1, 0.15) is 58.4 Å². The maximum atomic E-state index is 15.6. The van der Waals surface area contributed by atoms with Crippen molar-refractivity contribution >= 4 is 50.3 Å². The van der Waals surface area contributed by atoms with E-state index < -0.39 is 48.3 Å². The van der Waals surface area contributed by atoms with Crippen LogP contribution in [0, 0.1) is 5.82 Å². The van der Waals surface area contributed by atoms with Crippen molar-refractivity contribution in [2.45, 2.75) is 82.3 Å². The molecular formula is C27H33BrClF2N5O3. The Kier molecular flexibility index (Phi) is 5.72. The van der Waals surface area contributed by atoms with Crippen molar-refractivity contribution in [2.75, 3.05) is 37.6 Å². The topological polar surface area (TPSA) is 71.0 Å². The van der Waals surface area contributed by atoms with Crippen LogP contribution in [0.4, 0.5) is 19.4 Å². The Morgan fingerprint density at radius 1 is 1.31 bits per heavy atom. The fourth-order valence-electron chi connectivity index (χ4n) is 6.17. The van der Waals surface area contributed by atoms with Crippen molar-refractivity contribution in [1.29, 1.82) is 0 Å². The normalized spacial score (nSPS) is 32.0. The molecule has 12 heteroatoms. The maximum Gasteiger partial charge on any atom is 0.410 e. The van der Waals surface area contributed by atoms with Crippen molar-refractivity contribution in [3.05, 3.63) is 21.4 Å². The average Bonchev–Trinajstić information content (AvgIpc) is 3.48. The van der Waals surface area contributed by atoms with Crippen LogP contribution in [0.5, 0.6) is 6.01 Å². The number of alkyl halides is 1. The minimum Gasteiger partial charge on any atom is -0.461 e. The molecule has 0 saturated carbocycles. The van der Waals surface area contributed by atoms with Crippen molar-refractivity contribution in [3.63, 3.8) is 0 Å². The van der Waals surface area contributed by atoms with Crippen LogP contribution in [0.2, 0.25) is 5.02 Å². The molecule has 5 heterocycles. The van der Waals surface area contributed by atoms with Gasteiger partial charge in [0.1, 0.15) is 29.7 Å². The molecular weight excluding hydrogens is 596 g/mol. The second kappa shape index (κ2) is 9.83. The molecule has 0 aliphatic carbocycles. The first-order chi connectivity index (χ1) is 19.9. The van der Waals surface area contributed by atoms with Gasteiger partial charge in [-0.3, -0.25) is 9.80 Å². The number of fused-ring (bicyclic) bond motifs is 4. The van der Waals surface area contributed by atoms with Gasteiger partial charge in [-0.1, -0.05) is 11.6 Å². The highest BCUT2D eigenvalue weighted by Crippen LogP contribution is 2.42. The van der Waals surface area contributed by atoms with Gasteiger partial charge in [-0.25, -0.2) is 13.6 Å². The van der Waals surface area contributed by atoms with E-state index in [1.807, 2.05) is 25.7 Å². The molecule has 6 rings (SSSR count). The molecule has 4 aliphatic heterocycles. The minimum absolute atomic E-state index is 0.0111. The Hall–Kier alpha value is -1.98. The highest BCUT2D eigenvalue weighted by atomic mass is 79.9. The second-order valence-electron chi connectivity index (χ2n) is 11.7. The number of halogens is 4. The molecule has 4 fully saturated rings. The largest absolute Gasteiger partial charge is 0.461 e. The first-order valence-corrected chi connectivity index (χ1v) is 14.3. The minimum atomic E-state index is -2.61. The second-order valence-corrected chi connectivity index (χ2v) is 12.9. The van der Waals surface area contributed by atoms with Gasteiger partial charge in [0.2, 0.25) is 0 Å². The highest BCUT2D eigenvalue weighted by Gasteiger charge is 2.50. The van der Waals surface area contributed by atoms with E-state index in [-0.39, 0.29) is 64.1 Å². The zero-order valence-corrected chi connectivity index (χ0v) is 24.3. The van der Waals surface area contributed by atoms with Gasteiger partial charge in [-0.2, -0.15) is 9.97 Å². The molecule has 0 unspecified atom stereocenters. The summed E-state index contributed by atoms with van der Waals surface area (Å²) in [6.07, 6.45) is -0.580. The third-order valence-electron chi connectivity index (χ3n) is 7.80. The quantitative estimate of drug-likeness (QED) is 0.399. The van der Waals surface area contributed by atoms with Gasteiger partial charge in [0.25, 0.3) is 0 Å². The van der Waals surface area contributed by atoms with Crippen LogP contribution >= 0.6 is 27.5 Å². The van der Waals surface area contributed by atoms with E-state index in [0.29, 0.717) is 13.1 Å². The lowest BCUT2D eigenvalue weighted by molar-refractivity contribution is 0.0122. The fraction of sp³-hybridized carbons (Fsp3) is 0.667. The molecule has 2 bridgehead atoms. The smallest absolute Gasteiger partial charge is 0.410 e. The zero-order chi connectivity index (χ0) is 31.3.